The Kier molecular flexibility index (Phi) is 6.77. The van der Waals surface area contributed by atoms with Crippen molar-refractivity contribution in [3.05, 3.63) is 101 Å². The van der Waals surface area contributed by atoms with Crippen LogP contribution in [0.15, 0.2) is 73.1 Å². The summed E-state index contributed by atoms with van der Waals surface area (Å²) in [6.45, 7) is 1.25. The normalized spacial score (nSPS) is 14.3. The van der Waals surface area contributed by atoms with Crippen LogP contribution in [0.1, 0.15) is 34.3 Å². The van der Waals surface area contributed by atoms with Gasteiger partial charge in [-0.1, -0.05) is 54.9 Å². The zero-order chi connectivity index (χ0) is 26.3. The second-order valence-corrected chi connectivity index (χ2v) is 8.72. The van der Waals surface area contributed by atoms with Gasteiger partial charge in [-0.25, -0.2) is 9.18 Å². The lowest BCUT2D eigenvalue weighted by atomic mass is 9.76. The molecule has 9 heteroatoms. The molecule has 1 aromatic heterocycles. The molecule has 0 bridgehead atoms. The maximum atomic E-state index is 14.5. The van der Waals surface area contributed by atoms with E-state index in [1.165, 1.54) is 67.8 Å². The summed E-state index contributed by atoms with van der Waals surface area (Å²) in [6, 6.07) is 13.8. The molecular weight excluding hydrogens is 498 g/mol. The van der Waals surface area contributed by atoms with Crippen LogP contribution < -0.4 is 0 Å². The van der Waals surface area contributed by atoms with Crippen LogP contribution >= 0.6 is 11.6 Å². The van der Waals surface area contributed by atoms with Gasteiger partial charge in [-0.15, -0.1) is 0 Å². The number of halogens is 5. The number of fused-ring (bicyclic) bond motifs is 1. The third-order valence-electron chi connectivity index (χ3n) is 6.32. The molecule has 2 unspecified atom stereocenters. The quantitative estimate of drug-likeness (QED) is 0.228. The molecule has 0 aliphatic heterocycles. The first kappa shape index (κ1) is 25.6. The van der Waals surface area contributed by atoms with Gasteiger partial charge in [-0.05, 0) is 46.3 Å². The number of esters is 1. The molecule has 0 aliphatic carbocycles. The van der Waals surface area contributed by atoms with E-state index >= 15 is 0 Å². The van der Waals surface area contributed by atoms with Crippen molar-refractivity contribution in [3.8, 4) is 11.1 Å². The van der Waals surface area contributed by atoms with Gasteiger partial charge in [-0.2, -0.15) is 13.2 Å². The van der Waals surface area contributed by atoms with Gasteiger partial charge in [0.05, 0.1) is 12.7 Å². The Morgan fingerprint density at radius 1 is 1.06 bits per heavy atom. The molecule has 36 heavy (non-hydrogen) atoms. The lowest BCUT2D eigenvalue weighted by Crippen LogP contribution is -2.46. The second-order valence-electron chi connectivity index (χ2n) is 8.31. The van der Waals surface area contributed by atoms with E-state index in [1.807, 2.05) is 0 Å². The number of rotatable bonds is 5. The summed E-state index contributed by atoms with van der Waals surface area (Å²) in [5, 5.41) is 11.9. The van der Waals surface area contributed by atoms with Crippen LogP contribution in [-0.4, -0.2) is 29.3 Å². The number of hydrogen-bond acceptors (Lipinski definition) is 4. The van der Waals surface area contributed by atoms with E-state index in [-0.39, 0.29) is 27.1 Å². The van der Waals surface area contributed by atoms with Crippen LogP contribution in [0.2, 0.25) is 5.02 Å². The fourth-order valence-corrected chi connectivity index (χ4v) is 4.68. The lowest BCUT2D eigenvalue weighted by Gasteiger charge is -2.37. The van der Waals surface area contributed by atoms with Crippen molar-refractivity contribution < 1.29 is 32.2 Å². The van der Waals surface area contributed by atoms with Gasteiger partial charge >= 0.3 is 12.1 Å². The molecule has 0 amide bonds. The Morgan fingerprint density at radius 2 is 1.75 bits per heavy atom. The summed E-state index contributed by atoms with van der Waals surface area (Å²) >= 11 is 6.42. The summed E-state index contributed by atoms with van der Waals surface area (Å²) < 4.78 is 62.5. The number of pyridine rings is 1. The molecule has 0 saturated heterocycles. The van der Waals surface area contributed by atoms with Gasteiger partial charge in [0.2, 0.25) is 0 Å². The molecule has 0 aliphatic rings. The Hall–Kier alpha value is -3.49. The average Bonchev–Trinajstić information content (AvgIpc) is 2.86. The number of ether oxygens (including phenoxy) is 1. The van der Waals surface area contributed by atoms with E-state index in [1.54, 1.807) is 6.07 Å². The van der Waals surface area contributed by atoms with Crippen LogP contribution in [0.3, 0.4) is 0 Å². The standard InChI is InChI=1S/C27H20ClF4NO3/c1-15(26(35,27(30,31)32)22-5-3-4-18-14-33-11-10-20(18)22)19-8-6-16(12-23(19)28)17-7-9-21(24(29)13-17)25(34)36-2/h3-15,35H,1-2H3. The zero-order valence-electron chi connectivity index (χ0n) is 19.1. The van der Waals surface area contributed by atoms with Gasteiger partial charge in [0.1, 0.15) is 5.82 Å². The van der Waals surface area contributed by atoms with E-state index in [2.05, 4.69) is 9.72 Å². The van der Waals surface area contributed by atoms with Gasteiger partial charge in [0.25, 0.3) is 0 Å². The topological polar surface area (TPSA) is 59.4 Å². The summed E-state index contributed by atoms with van der Waals surface area (Å²) in [7, 11) is 1.13. The Balaban J connectivity index is 1.79. The molecule has 4 rings (SSSR count). The van der Waals surface area contributed by atoms with Crippen molar-refractivity contribution >= 4 is 28.3 Å². The van der Waals surface area contributed by atoms with E-state index in [0.717, 1.165) is 13.2 Å². The second kappa shape index (κ2) is 9.52. The summed E-state index contributed by atoms with van der Waals surface area (Å²) in [6.07, 6.45) is -2.26. The first-order valence-corrected chi connectivity index (χ1v) is 11.2. The van der Waals surface area contributed by atoms with Gasteiger partial charge in [-0.3, -0.25) is 4.98 Å². The van der Waals surface area contributed by atoms with Crippen molar-refractivity contribution in [1.29, 1.82) is 0 Å². The van der Waals surface area contributed by atoms with Gasteiger partial charge < -0.3 is 9.84 Å². The molecular formula is C27H20ClF4NO3. The number of hydrogen-bond donors (Lipinski definition) is 1. The Labute approximate surface area is 209 Å². The van der Waals surface area contributed by atoms with Crippen LogP contribution in [0.5, 0.6) is 0 Å². The van der Waals surface area contributed by atoms with E-state index in [0.29, 0.717) is 16.5 Å². The molecule has 1 N–H and O–H groups in total. The molecule has 1 heterocycles. The molecule has 0 spiro atoms. The van der Waals surface area contributed by atoms with Gasteiger partial charge in [0, 0.05) is 34.3 Å². The molecule has 0 radical (unpaired) electrons. The molecule has 2 atom stereocenters. The summed E-state index contributed by atoms with van der Waals surface area (Å²) in [4.78, 5) is 15.6. The minimum atomic E-state index is -5.04. The SMILES string of the molecule is COC(=O)c1ccc(-c2ccc(C(C)C(O)(c3cccc4cnccc34)C(F)(F)F)c(Cl)c2)cc1F. The highest BCUT2D eigenvalue weighted by Crippen LogP contribution is 2.51. The smallest absolute Gasteiger partial charge is 0.422 e. The lowest BCUT2D eigenvalue weighted by molar-refractivity contribution is -0.274. The highest BCUT2D eigenvalue weighted by molar-refractivity contribution is 6.31. The third kappa shape index (κ3) is 4.31. The predicted octanol–water partition coefficient (Wildman–Crippen LogP) is 7.03. The average molecular weight is 518 g/mol. The molecule has 4 nitrogen and oxygen atoms in total. The molecule has 4 aromatic rings. The highest BCUT2D eigenvalue weighted by Gasteiger charge is 2.59. The maximum Gasteiger partial charge on any atom is 0.422 e. The minimum Gasteiger partial charge on any atom is -0.465 e. The number of nitrogens with zero attached hydrogens (tertiary/aromatic N) is 1. The fraction of sp³-hybridized carbons (Fsp3) is 0.185. The van der Waals surface area contributed by atoms with Crippen molar-refractivity contribution in [1.82, 2.24) is 4.98 Å². The number of alkyl halides is 3. The predicted molar refractivity (Wildman–Crippen MR) is 128 cm³/mol. The number of carbonyl (C=O) groups excluding carboxylic acids is 1. The first-order chi connectivity index (χ1) is 17.0. The fourth-order valence-electron chi connectivity index (χ4n) is 4.34. The van der Waals surface area contributed by atoms with Crippen molar-refractivity contribution in [2.24, 2.45) is 0 Å². The molecule has 0 saturated carbocycles. The summed E-state index contributed by atoms with van der Waals surface area (Å²) in [5.74, 6) is -3.15. The van der Waals surface area contributed by atoms with Gasteiger partial charge in [0.15, 0.2) is 5.60 Å². The number of methoxy groups -OCH3 is 1. The van der Waals surface area contributed by atoms with E-state index < -0.39 is 29.5 Å². The number of benzene rings is 3. The van der Waals surface area contributed by atoms with Crippen LogP contribution in [0.25, 0.3) is 21.9 Å². The van der Waals surface area contributed by atoms with Crippen molar-refractivity contribution in [2.75, 3.05) is 7.11 Å². The largest absolute Gasteiger partial charge is 0.465 e. The van der Waals surface area contributed by atoms with Crippen molar-refractivity contribution in [2.45, 2.75) is 24.6 Å². The monoisotopic (exact) mass is 517 g/mol. The number of aliphatic hydroxyl groups is 1. The Morgan fingerprint density at radius 3 is 2.39 bits per heavy atom. The number of aromatic nitrogens is 1. The molecule has 3 aromatic carbocycles. The van der Waals surface area contributed by atoms with E-state index in [4.69, 9.17) is 11.6 Å². The van der Waals surface area contributed by atoms with Crippen LogP contribution in [-0.2, 0) is 10.3 Å². The first-order valence-electron chi connectivity index (χ1n) is 10.8. The molecule has 0 fully saturated rings. The number of carbonyl (C=O) groups is 1. The van der Waals surface area contributed by atoms with Crippen molar-refractivity contribution in [3.63, 3.8) is 0 Å². The molecule has 186 valence electrons. The highest BCUT2D eigenvalue weighted by atomic mass is 35.5. The van der Waals surface area contributed by atoms with E-state index in [9.17, 15) is 27.5 Å². The summed E-state index contributed by atoms with van der Waals surface area (Å²) in [5.41, 5.74) is -3.01. The van der Waals surface area contributed by atoms with Crippen LogP contribution in [0.4, 0.5) is 17.6 Å². The minimum absolute atomic E-state index is 0.0398. The zero-order valence-corrected chi connectivity index (χ0v) is 19.9. The Bertz CT molecular complexity index is 1450. The van der Waals surface area contributed by atoms with Crippen LogP contribution in [0, 0.1) is 5.82 Å². The maximum absolute atomic E-state index is 14.5. The third-order valence-corrected chi connectivity index (χ3v) is 6.65.